The van der Waals surface area contributed by atoms with Crippen molar-refractivity contribution >= 4 is 11.4 Å². The molecule has 12 nitrogen and oxygen atoms in total. The topological polar surface area (TPSA) is 105 Å². The van der Waals surface area contributed by atoms with Crippen LogP contribution in [-0.4, -0.2) is 80.6 Å². The van der Waals surface area contributed by atoms with Crippen LogP contribution >= 0.6 is 0 Å². The van der Waals surface area contributed by atoms with Crippen molar-refractivity contribution < 1.29 is 14.2 Å². The number of hydrogen-bond donors (Lipinski definition) is 0. The van der Waals surface area contributed by atoms with Crippen LogP contribution in [0.5, 0.6) is 5.75 Å². The molecule has 0 spiro atoms. The molecule has 0 saturated carbocycles. The lowest BCUT2D eigenvalue weighted by molar-refractivity contribution is -0.211. The van der Waals surface area contributed by atoms with Crippen molar-refractivity contribution in [3.8, 4) is 11.4 Å². The SMILES string of the molecule is CCC(C)n1ncn(-c2ccc(N3CCN(c4ccc(OCC5COC(Cn6nccn6)(C(C)C)O5)cc4)CC3)cc2)c1=O. The number of hydrogen-bond acceptors (Lipinski definition) is 9. The van der Waals surface area contributed by atoms with Gasteiger partial charge in [-0.1, -0.05) is 20.8 Å². The van der Waals surface area contributed by atoms with E-state index in [-0.39, 0.29) is 23.8 Å². The molecule has 2 aromatic carbocycles. The maximum absolute atomic E-state index is 12.8. The lowest BCUT2D eigenvalue weighted by Gasteiger charge is -2.37. The fraction of sp³-hybridized carbons (Fsp3) is 0.500. The Morgan fingerprint density at radius 1 is 0.886 bits per heavy atom. The third-order valence-electron chi connectivity index (χ3n) is 8.70. The van der Waals surface area contributed by atoms with Crippen LogP contribution in [0.25, 0.3) is 5.69 Å². The quantitative estimate of drug-likeness (QED) is 0.254. The van der Waals surface area contributed by atoms with Gasteiger partial charge in [0.05, 0.1) is 30.7 Å². The van der Waals surface area contributed by atoms with Gasteiger partial charge in [-0.2, -0.15) is 20.1 Å². The molecule has 3 atom stereocenters. The zero-order valence-electron chi connectivity index (χ0n) is 26.0. The minimum atomic E-state index is -0.766. The molecule has 6 rings (SSSR count). The second kappa shape index (κ2) is 12.8. The maximum Gasteiger partial charge on any atom is 0.350 e. The molecule has 2 fully saturated rings. The van der Waals surface area contributed by atoms with E-state index in [0.717, 1.165) is 49.7 Å². The van der Waals surface area contributed by atoms with Crippen LogP contribution in [-0.2, 0) is 16.0 Å². The molecule has 3 unspecified atom stereocenters. The third-order valence-corrected chi connectivity index (χ3v) is 8.70. The molecule has 0 bridgehead atoms. The van der Waals surface area contributed by atoms with Crippen molar-refractivity contribution in [2.24, 2.45) is 5.92 Å². The fourth-order valence-electron chi connectivity index (χ4n) is 5.71. The van der Waals surface area contributed by atoms with Crippen LogP contribution in [0, 0.1) is 5.92 Å². The Balaban J connectivity index is 0.987. The molecule has 4 heterocycles. The first-order chi connectivity index (χ1) is 21.3. The maximum atomic E-state index is 12.8. The number of nitrogens with zero attached hydrogens (tertiary/aromatic N) is 8. The van der Waals surface area contributed by atoms with Gasteiger partial charge in [-0.25, -0.2) is 14.0 Å². The lowest BCUT2D eigenvalue weighted by Crippen LogP contribution is -2.46. The van der Waals surface area contributed by atoms with E-state index in [1.807, 2.05) is 31.2 Å². The molecule has 234 valence electrons. The number of piperazine rings is 1. The summed E-state index contributed by atoms with van der Waals surface area (Å²) >= 11 is 0. The Labute approximate surface area is 257 Å². The van der Waals surface area contributed by atoms with Crippen molar-refractivity contribution in [1.29, 1.82) is 0 Å². The second-order valence-electron chi connectivity index (χ2n) is 11.9. The molecule has 0 aliphatic carbocycles. The summed E-state index contributed by atoms with van der Waals surface area (Å²) in [5.74, 6) is 0.174. The summed E-state index contributed by atoms with van der Waals surface area (Å²) in [5, 5.41) is 12.7. The zero-order chi connectivity index (χ0) is 30.7. The van der Waals surface area contributed by atoms with E-state index in [0.29, 0.717) is 19.8 Å². The molecule has 0 radical (unpaired) electrons. The average molecular weight is 603 g/mol. The van der Waals surface area contributed by atoms with Gasteiger partial charge >= 0.3 is 5.69 Å². The molecule has 2 aliphatic rings. The Kier molecular flexibility index (Phi) is 8.72. The standard InChI is InChI=1S/C32H42N8O4/c1-5-25(4)40-31(41)38(23-35-40)28-8-6-26(7-9-28)36-16-18-37(19-17-36)27-10-12-29(13-11-27)42-20-30-21-43-32(44-30,24(2)3)22-39-33-14-15-34-39/h6-15,23-25,30H,5,16-22H2,1-4H3. The Morgan fingerprint density at radius 2 is 1.48 bits per heavy atom. The summed E-state index contributed by atoms with van der Waals surface area (Å²) in [4.78, 5) is 19.1. The van der Waals surface area contributed by atoms with E-state index >= 15 is 0 Å². The summed E-state index contributed by atoms with van der Waals surface area (Å²) in [5.41, 5.74) is 3.05. The van der Waals surface area contributed by atoms with Gasteiger partial charge in [-0.05, 0) is 61.9 Å². The van der Waals surface area contributed by atoms with Crippen LogP contribution in [0.3, 0.4) is 0 Å². The first-order valence-corrected chi connectivity index (χ1v) is 15.5. The molecular formula is C32H42N8O4. The van der Waals surface area contributed by atoms with Crippen molar-refractivity contribution in [3.05, 3.63) is 77.7 Å². The third kappa shape index (κ3) is 6.22. The number of benzene rings is 2. The monoisotopic (exact) mass is 602 g/mol. The van der Waals surface area contributed by atoms with Crippen LogP contribution in [0.2, 0.25) is 0 Å². The smallest absolute Gasteiger partial charge is 0.350 e. The van der Waals surface area contributed by atoms with Gasteiger partial charge < -0.3 is 24.0 Å². The van der Waals surface area contributed by atoms with Crippen LogP contribution in [0.15, 0.2) is 72.0 Å². The molecule has 2 saturated heterocycles. The minimum Gasteiger partial charge on any atom is -0.491 e. The summed E-state index contributed by atoms with van der Waals surface area (Å²) in [7, 11) is 0. The molecule has 4 aromatic rings. The van der Waals surface area contributed by atoms with Crippen molar-refractivity contribution in [2.75, 3.05) is 49.2 Å². The summed E-state index contributed by atoms with van der Waals surface area (Å²) in [6.07, 6.45) is 5.61. The Hall–Kier alpha value is -4.16. The second-order valence-corrected chi connectivity index (χ2v) is 11.9. The predicted molar refractivity (Wildman–Crippen MR) is 168 cm³/mol. The molecule has 44 heavy (non-hydrogen) atoms. The summed E-state index contributed by atoms with van der Waals surface area (Å²) < 4.78 is 21.7. The van der Waals surface area contributed by atoms with Gasteiger partial charge in [0.2, 0.25) is 0 Å². The van der Waals surface area contributed by atoms with Crippen molar-refractivity contribution in [1.82, 2.24) is 29.3 Å². The predicted octanol–water partition coefficient (Wildman–Crippen LogP) is 3.77. The highest BCUT2D eigenvalue weighted by Crippen LogP contribution is 2.33. The number of ether oxygens (including phenoxy) is 3. The summed E-state index contributed by atoms with van der Waals surface area (Å²) in [6, 6.07) is 16.5. The fourth-order valence-corrected chi connectivity index (χ4v) is 5.71. The minimum absolute atomic E-state index is 0.0762. The Morgan fingerprint density at radius 3 is 2.07 bits per heavy atom. The van der Waals surface area contributed by atoms with Gasteiger partial charge in [0.15, 0.2) is 5.79 Å². The van der Waals surface area contributed by atoms with Gasteiger partial charge in [-0.15, -0.1) is 0 Å². The highest BCUT2D eigenvalue weighted by molar-refractivity contribution is 5.54. The molecule has 12 heteroatoms. The molecule has 2 aromatic heterocycles. The Bertz CT molecular complexity index is 1540. The van der Waals surface area contributed by atoms with Crippen LogP contribution < -0.4 is 20.2 Å². The number of anilines is 2. The van der Waals surface area contributed by atoms with Crippen LogP contribution in [0.4, 0.5) is 11.4 Å². The van der Waals surface area contributed by atoms with Crippen molar-refractivity contribution in [2.45, 2.75) is 58.6 Å². The lowest BCUT2D eigenvalue weighted by atomic mass is 10.0. The largest absolute Gasteiger partial charge is 0.491 e. The number of aromatic nitrogens is 6. The van der Waals surface area contributed by atoms with Crippen molar-refractivity contribution in [3.63, 3.8) is 0 Å². The van der Waals surface area contributed by atoms with E-state index in [9.17, 15) is 4.79 Å². The summed E-state index contributed by atoms with van der Waals surface area (Å²) in [6.45, 7) is 13.2. The molecule has 0 N–H and O–H groups in total. The normalized spacial score (nSPS) is 21.2. The molecule has 0 amide bonds. The molecule has 2 aliphatic heterocycles. The highest BCUT2D eigenvalue weighted by Gasteiger charge is 2.45. The van der Waals surface area contributed by atoms with Gasteiger partial charge in [-0.3, -0.25) is 0 Å². The van der Waals surface area contributed by atoms with Crippen LogP contribution in [0.1, 0.15) is 40.2 Å². The van der Waals surface area contributed by atoms with Gasteiger partial charge in [0, 0.05) is 43.5 Å². The first-order valence-electron chi connectivity index (χ1n) is 15.5. The highest BCUT2D eigenvalue weighted by atomic mass is 16.8. The van der Waals surface area contributed by atoms with Gasteiger partial charge in [0.25, 0.3) is 0 Å². The first kappa shape index (κ1) is 29.9. The van der Waals surface area contributed by atoms with Gasteiger partial charge in [0.1, 0.15) is 31.3 Å². The van der Waals surface area contributed by atoms with E-state index in [1.165, 1.54) is 5.69 Å². The number of rotatable bonds is 11. The average Bonchev–Trinajstić information content (AvgIpc) is 3.81. The van der Waals surface area contributed by atoms with E-state index in [1.54, 1.807) is 32.8 Å². The van der Waals surface area contributed by atoms with E-state index in [2.05, 4.69) is 70.1 Å². The van der Waals surface area contributed by atoms with E-state index < -0.39 is 5.79 Å². The zero-order valence-corrected chi connectivity index (χ0v) is 26.0. The van der Waals surface area contributed by atoms with E-state index in [4.69, 9.17) is 14.2 Å². The molecular weight excluding hydrogens is 560 g/mol.